The maximum absolute atomic E-state index is 13.6. The average molecular weight is 335 g/mol. The molecule has 0 heterocycles. The normalized spacial score (nSPS) is 12.2. The van der Waals surface area contributed by atoms with E-state index >= 15 is 0 Å². The zero-order valence-corrected chi connectivity index (χ0v) is 13.4. The predicted octanol–water partition coefficient (Wildman–Crippen LogP) is 3.26. The topological polar surface area (TPSA) is 69.6 Å². The summed E-state index contributed by atoms with van der Waals surface area (Å²) >= 11 is 0. The van der Waals surface area contributed by atoms with Crippen LogP contribution in [0.5, 0.6) is 5.75 Å². The van der Waals surface area contributed by atoms with Crippen LogP contribution in [0, 0.1) is 11.6 Å². The molecule has 3 N–H and O–H groups in total. The quantitative estimate of drug-likeness (QED) is 0.785. The lowest BCUT2D eigenvalue weighted by atomic mass is 10.00. The first-order chi connectivity index (χ1) is 11.3. The van der Waals surface area contributed by atoms with Crippen LogP contribution < -0.4 is 5.32 Å². The number of benzene rings is 2. The molecule has 4 nitrogen and oxygen atoms in total. The van der Waals surface area contributed by atoms with Crippen molar-refractivity contribution in [1.82, 2.24) is 5.32 Å². The van der Waals surface area contributed by atoms with Crippen LogP contribution in [-0.4, -0.2) is 22.7 Å². The van der Waals surface area contributed by atoms with E-state index in [2.05, 4.69) is 5.32 Å². The van der Waals surface area contributed by atoms with Gasteiger partial charge in [0.05, 0.1) is 11.7 Å². The molecule has 0 saturated heterocycles. The van der Waals surface area contributed by atoms with Gasteiger partial charge in [-0.3, -0.25) is 4.79 Å². The molecule has 1 amide bonds. The Labute approximate surface area is 138 Å². The van der Waals surface area contributed by atoms with Crippen LogP contribution >= 0.6 is 0 Å². The molecule has 2 rings (SSSR count). The van der Waals surface area contributed by atoms with E-state index in [-0.39, 0.29) is 29.3 Å². The van der Waals surface area contributed by atoms with Gasteiger partial charge in [0.15, 0.2) is 0 Å². The van der Waals surface area contributed by atoms with Crippen LogP contribution in [0.2, 0.25) is 0 Å². The number of rotatable bonds is 5. The van der Waals surface area contributed by atoms with Gasteiger partial charge in [0.25, 0.3) is 5.91 Å². The van der Waals surface area contributed by atoms with Crippen LogP contribution in [0.3, 0.4) is 0 Å². The molecule has 0 radical (unpaired) electrons. The van der Waals surface area contributed by atoms with Crippen LogP contribution in [0.15, 0.2) is 36.4 Å². The summed E-state index contributed by atoms with van der Waals surface area (Å²) in [4.78, 5) is 12.2. The Morgan fingerprint density at radius 3 is 2.50 bits per heavy atom. The fraction of sp³-hybridized carbons (Fsp3) is 0.278. The van der Waals surface area contributed by atoms with Crippen molar-refractivity contribution in [3.8, 4) is 5.75 Å². The summed E-state index contributed by atoms with van der Waals surface area (Å²) in [6.45, 7) is 3.64. The van der Waals surface area contributed by atoms with Gasteiger partial charge in [-0.15, -0.1) is 0 Å². The minimum Gasteiger partial charge on any atom is -0.507 e. The van der Waals surface area contributed by atoms with Gasteiger partial charge in [-0.1, -0.05) is 26.0 Å². The van der Waals surface area contributed by atoms with Crippen LogP contribution in [-0.2, 0) is 0 Å². The van der Waals surface area contributed by atoms with Crippen LogP contribution in [0.4, 0.5) is 8.78 Å². The van der Waals surface area contributed by atoms with E-state index in [4.69, 9.17) is 0 Å². The number of phenolic OH excluding ortho intramolecular Hbond substituents is 1. The minimum absolute atomic E-state index is 0.0768. The molecule has 2 aromatic carbocycles. The van der Waals surface area contributed by atoms with Crippen molar-refractivity contribution in [2.45, 2.75) is 25.9 Å². The zero-order chi connectivity index (χ0) is 17.9. The average Bonchev–Trinajstić information content (AvgIpc) is 2.52. The van der Waals surface area contributed by atoms with Crippen molar-refractivity contribution >= 4 is 5.91 Å². The maximum Gasteiger partial charge on any atom is 0.255 e. The second-order valence-electron chi connectivity index (χ2n) is 5.82. The van der Waals surface area contributed by atoms with Crippen molar-refractivity contribution in [1.29, 1.82) is 0 Å². The summed E-state index contributed by atoms with van der Waals surface area (Å²) in [6, 6.07) is 7.54. The molecule has 128 valence electrons. The monoisotopic (exact) mass is 335 g/mol. The molecule has 0 spiro atoms. The number of aromatic hydroxyl groups is 1. The Morgan fingerprint density at radius 2 is 1.88 bits per heavy atom. The number of halogens is 2. The van der Waals surface area contributed by atoms with Crippen molar-refractivity contribution in [2.24, 2.45) is 0 Å². The largest absolute Gasteiger partial charge is 0.507 e. The third-order valence-electron chi connectivity index (χ3n) is 3.71. The SMILES string of the molecule is CC(C)c1ccc(O)c(C(=O)NCC(O)c2ccc(F)cc2F)c1. The number of hydrogen-bond donors (Lipinski definition) is 3. The second-order valence-corrected chi connectivity index (χ2v) is 5.82. The fourth-order valence-corrected chi connectivity index (χ4v) is 2.26. The number of amides is 1. The van der Waals surface area contributed by atoms with Crippen molar-refractivity contribution in [2.75, 3.05) is 6.54 Å². The van der Waals surface area contributed by atoms with E-state index in [0.29, 0.717) is 6.07 Å². The maximum atomic E-state index is 13.6. The zero-order valence-electron chi connectivity index (χ0n) is 13.4. The number of hydrogen-bond acceptors (Lipinski definition) is 3. The molecule has 6 heteroatoms. The molecule has 0 fully saturated rings. The summed E-state index contributed by atoms with van der Waals surface area (Å²) in [5, 5.41) is 22.2. The summed E-state index contributed by atoms with van der Waals surface area (Å²) < 4.78 is 26.5. The number of aliphatic hydroxyl groups excluding tert-OH is 1. The molecular weight excluding hydrogens is 316 g/mol. The van der Waals surface area contributed by atoms with E-state index in [0.717, 1.165) is 17.7 Å². The highest BCUT2D eigenvalue weighted by Gasteiger charge is 2.17. The van der Waals surface area contributed by atoms with Crippen LogP contribution in [0.1, 0.15) is 47.4 Å². The summed E-state index contributed by atoms with van der Waals surface area (Å²) in [5.74, 6) is -2.23. The molecule has 0 aliphatic rings. The Morgan fingerprint density at radius 1 is 1.17 bits per heavy atom. The Kier molecular flexibility index (Phi) is 5.51. The van der Waals surface area contributed by atoms with E-state index in [1.54, 1.807) is 12.1 Å². The van der Waals surface area contributed by atoms with E-state index in [1.165, 1.54) is 6.07 Å². The number of nitrogens with one attached hydrogen (secondary N) is 1. The molecule has 2 aromatic rings. The fourth-order valence-electron chi connectivity index (χ4n) is 2.26. The first-order valence-corrected chi connectivity index (χ1v) is 7.53. The molecule has 0 aliphatic heterocycles. The molecule has 0 bridgehead atoms. The Hall–Kier alpha value is -2.47. The first kappa shape index (κ1) is 17.9. The van der Waals surface area contributed by atoms with E-state index in [1.807, 2.05) is 13.8 Å². The number of carbonyl (C=O) groups is 1. The smallest absolute Gasteiger partial charge is 0.255 e. The third kappa shape index (κ3) is 4.08. The lowest BCUT2D eigenvalue weighted by Gasteiger charge is -2.14. The van der Waals surface area contributed by atoms with Gasteiger partial charge in [0, 0.05) is 18.2 Å². The lowest BCUT2D eigenvalue weighted by Crippen LogP contribution is -2.29. The summed E-state index contributed by atoms with van der Waals surface area (Å²) in [7, 11) is 0. The Balaban J connectivity index is 2.09. The van der Waals surface area contributed by atoms with Gasteiger partial charge < -0.3 is 15.5 Å². The molecule has 0 aromatic heterocycles. The standard InChI is InChI=1S/C18H19F2NO3/c1-10(2)11-3-6-16(22)14(7-11)18(24)21-9-17(23)13-5-4-12(19)8-15(13)20/h3-8,10,17,22-23H,9H2,1-2H3,(H,21,24). The molecular formula is C18H19F2NO3. The second kappa shape index (κ2) is 7.40. The number of aliphatic hydroxyl groups is 1. The van der Waals surface area contributed by atoms with Crippen molar-refractivity contribution in [3.05, 3.63) is 64.7 Å². The third-order valence-corrected chi connectivity index (χ3v) is 3.71. The Bertz CT molecular complexity index is 747. The van der Waals surface area contributed by atoms with E-state index in [9.17, 15) is 23.8 Å². The highest BCUT2D eigenvalue weighted by atomic mass is 19.1. The van der Waals surface area contributed by atoms with Crippen LogP contribution in [0.25, 0.3) is 0 Å². The minimum atomic E-state index is -1.33. The van der Waals surface area contributed by atoms with Gasteiger partial charge in [0.1, 0.15) is 17.4 Å². The molecule has 24 heavy (non-hydrogen) atoms. The van der Waals surface area contributed by atoms with Gasteiger partial charge in [0.2, 0.25) is 0 Å². The summed E-state index contributed by atoms with van der Waals surface area (Å²) in [6.07, 6.45) is -1.33. The molecule has 1 unspecified atom stereocenters. The highest BCUT2D eigenvalue weighted by molar-refractivity contribution is 5.97. The molecule has 1 atom stereocenters. The van der Waals surface area contributed by atoms with E-state index < -0.39 is 23.6 Å². The lowest BCUT2D eigenvalue weighted by molar-refractivity contribution is 0.0911. The molecule has 0 saturated carbocycles. The predicted molar refractivity (Wildman–Crippen MR) is 85.8 cm³/mol. The highest BCUT2D eigenvalue weighted by Crippen LogP contribution is 2.23. The number of carbonyl (C=O) groups excluding carboxylic acids is 1. The summed E-state index contributed by atoms with van der Waals surface area (Å²) in [5.41, 5.74) is 0.841. The van der Waals surface area contributed by atoms with Gasteiger partial charge in [-0.05, 0) is 29.7 Å². The van der Waals surface area contributed by atoms with Crippen molar-refractivity contribution in [3.63, 3.8) is 0 Å². The molecule has 0 aliphatic carbocycles. The number of phenols is 1. The van der Waals surface area contributed by atoms with Gasteiger partial charge in [-0.2, -0.15) is 0 Å². The van der Waals surface area contributed by atoms with Gasteiger partial charge >= 0.3 is 0 Å². The first-order valence-electron chi connectivity index (χ1n) is 7.53. The van der Waals surface area contributed by atoms with Gasteiger partial charge in [-0.25, -0.2) is 8.78 Å². The van der Waals surface area contributed by atoms with Crippen molar-refractivity contribution < 1.29 is 23.8 Å².